The second-order valence-corrected chi connectivity index (χ2v) is 7.09. The second kappa shape index (κ2) is 5.16. The van der Waals surface area contributed by atoms with Crippen molar-refractivity contribution in [2.45, 2.75) is 63.1 Å². The Kier molecular flexibility index (Phi) is 3.31. The number of hydrogen-bond acceptors (Lipinski definition) is 2. The van der Waals surface area contributed by atoms with Crippen molar-refractivity contribution in [2.24, 2.45) is 0 Å². The predicted octanol–water partition coefficient (Wildman–Crippen LogP) is 3.07. The monoisotopic (exact) mass is 270 g/mol. The van der Waals surface area contributed by atoms with E-state index in [0.29, 0.717) is 0 Å². The van der Waals surface area contributed by atoms with Gasteiger partial charge in [-0.25, -0.2) is 0 Å². The zero-order valence-electron chi connectivity index (χ0n) is 12.5. The lowest BCUT2D eigenvalue weighted by Gasteiger charge is -2.39. The highest BCUT2D eigenvalue weighted by molar-refractivity contribution is 5.27. The molecule has 2 nitrogen and oxygen atoms in total. The van der Waals surface area contributed by atoms with Gasteiger partial charge in [0.25, 0.3) is 0 Å². The van der Waals surface area contributed by atoms with Crippen LogP contribution in [0.25, 0.3) is 0 Å². The maximum absolute atomic E-state index is 3.96. The summed E-state index contributed by atoms with van der Waals surface area (Å²) in [5.74, 6) is 0.800. The van der Waals surface area contributed by atoms with E-state index in [1.165, 1.54) is 50.8 Å². The Labute approximate surface area is 122 Å². The van der Waals surface area contributed by atoms with Gasteiger partial charge in [0, 0.05) is 24.7 Å². The number of nitrogens with zero attached hydrogens (tertiary/aromatic N) is 1. The minimum absolute atomic E-state index is 0.770. The fourth-order valence-electron chi connectivity index (χ4n) is 4.53. The van der Waals surface area contributed by atoms with Gasteiger partial charge in [-0.3, -0.25) is 4.90 Å². The lowest BCUT2D eigenvalue weighted by molar-refractivity contribution is 0.234. The molecule has 1 aromatic rings. The van der Waals surface area contributed by atoms with Crippen LogP contribution in [0.15, 0.2) is 24.3 Å². The molecule has 3 aliphatic rings. The van der Waals surface area contributed by atoms with Crippen molar-refractivity contribution in [2.75, 3.05) is 13.1 Å². The average Bonchev–Trinajstić information content (AvgIpc) is 2.97. The summed E-state index contributed by atoms with van der Waals surface area (Å²) in [5, 5.41) is 3.96. The molecule has 0 amide bonds. The molecule has 1 aromatic carbocycles. The number of fused-ring (bicyclic) bond motifs is 1. The Morgan fingerprint density at radius 3 is 2.90 bits per heavy atom. The van der Waals surface area contributed by atoms with E-state index in [1.807, 2.05) is 0 Å². The van der Waals surface area contributed by atoms with Crippen LogP contribution in [-0.2, 0) is 0 Å². The summed E-state index contributed by atoms with van der Waals surface area (Å²) in [6.45, 7) is 4.88. The molecule has 4 rings (SSSR count). The van der Waals surface area contributed by atoms with E-state index in [0.717, 1.165) is 24.0 Å². The Morgan fingerprint density at radius 2 is 2.05 bits per heavy atom. The van der Waals surface area contributed by atoms with Gasteiger partial charge < -0.3 is 5.32 Å². The van der Waals surface area contributed by atoms with E-state index in [-0.39, 0.29) is 0 Å². The Balaban J connectivity index is 1.31. The first kappa shape index (κ1) is 12.8. The summed E-state index contributed by atoms with van der Waals surface area (Å²) in [7, 11) is 0. The molecular weight excluding hydrogens is 244 g/mol. The molecule has 0 bridgehead atoms. The van der Waals surface area contributed by atoms with Gasteiger partial charge in [-0.05, 0) is 57.1 Å². The molecule has 2 atom stereocenters. The smallest absolute Gasteiger partial charge is 0.0250 e. The van der Waals surface area contributed by atoms with Crippen LogP contribution in [0.5, 0.6) is 0 Å². The summed E-state index contributed by atoms with van der Waals surface area (Å²) in [4.78, 5) is 2.70. The Hall–Kier alpha value is -0.860. The highest BCUT2D eigenvalue weighted by atomic mass is 15.2. The van der Waals surface area contributed by atoms with Gasteiger partial charge in [-0.2, -0.15) is 0 Å². The molecule has 0 spiro atoms. The summed E-state index contributed by atoms with van der Waals surface area (Å²) in [6.07, 6.45) is 6.89. The van der Waals surface area contributed by atoms with Crippen molar-refractivity contribution < 1.29 is 0 Å². The summed E-state index contributed by atoms with van der Waals surface area (Å²) in [5.41, 5.74) is 2.95. The van der Waals surface area contributed by atoms with Crippen LogP contribution in [0.1, 0.15) is 49.1 Å². The molecule has 20 heavy (non-hydrogen) atoms. The quantitative estimate of drug-likeness (QED) is 0.908. The molecule has 0 aromatic heterocycles. The first-order chi connectivity index (χ1) is 9.79. The molecule has 108 valence electrons. The highest BCUT2D eigenvalue weighted by Gasteiger charge is 2.40. The van der Waals surface area contributed by atoms with Gasteiger partial charge in [-0.15, -0.1) is 0 Å². The van der Waals surface area contributed by atoms with Gasteiger partial charge in [0.2, 0.25) is 0 Å². The van der Waals surface area contributed by atoms with E-state index in [4.69, 9.17) is 0 Å². The second-order valence-electron chi connectivity index (χ2n) is 7.09. The van der Waals surface area contributed by atoms with Crippen molar-refractivity contribution in [1.82, 2.24) is 10.2 Å². The fraction of sp³-hybridized carbons (Fsp3) is 0.667. The van der Waals surface area contributed by atoms with Crippen molar-refractivity contribution >= 4 is 0 Å². The third kappa shape index (κ3) is 2.29. The van der Waals surface area contributed by atoms with Crippen LogP contribution in [0.2, 0.25) is 0 Å². The van der Waals surface area contributed by atoms with Crippen molar-refractivity contribution in [3.05, 3.63) is 35.4 Å². The first-order valence-electron chi connectivity index (χ1n) is 8.36. The summed E-state index contributed by atoms with van der Waals surface area (Å²) in [6, 6.07) is 11.5. The van der Waals surface area contributed by atoms with Gasteiger partial charge in [0.05, 0.1) is 0 Å². The van der Waals surface area contributed by atoms with Crippen LogP contribution in [0.4, 0.5) is 0 Å². The Morgan fingerprint density at radius 1 is 1.15 bits per heavy atom. The van der Waals surface area contributed by atoms with E-state index in [1.54, 1.807) is 5.56 Å². The molecule has 3 fully saturated rings. The van der Waals surface area contributed by atoms with Crippen molar-refractivity contribution in [1.29, 1.82) is 0 Å². The van der Waals surface area contributed by atoms with E-state index >= 15 is 0 Å². The van der Waals surface area contributed by atoms with E-state index < -0.39 is 0 Å². The molecule has 1 saturated carbocycles. The molecule has 0 radical (unpaired) electrons. The van der Waals surface area contributed by atoms with Crippen LogP contribution >= 0.6 is 0 Å². The zero-order valence-corrected chi connectivity index (χ0v) is 12.5. The predicted molar refractivity (Wildman–Crippen MR) is 83.1 cm³/mol. The molecule has 1 aliphatic carbocycles. The standard InChI is InChI=1S/C18H26N2/c1-13-4-2-5-14(10-13)15-11-16(12-15)19-17-7-9-20-8-3-6-18(17)20/h2,4-5,10,15-19H,3,6-9,11-12H2,1H3. The third-order valence-corrected chi connectivity index (χ3v) is 5.71. The third-order valence-electron chi connectivity index (χ3n) is 5.71. The lowest BCUT2D eigenvalue weighted by Crippen LogP contribution is -2.49. The molecule has 2 heterocycles. The highest BCUT2D eigenvalue weighted by Crippen LogP contribution is 2.38. The number of rotatable bonds is 3. The van der Waals surface area contributed by atoms with Crippen molar-refractivity contribution in [3.63, 3.8) is 0 Å². The van der Waals surface area contributed by atoms with Gasteiger partial charge in [-0.1, -0.05) is 29.8 Å². The number of aryl methyl sites for hydroxylation is 1. The topological polar surface area (TPSA) is 15.3 Å². The normalized spacial score (nSPS) is 36.9. The molecule has 2 unspecified atom stereocenters. The van der Waals surface area contributed by atoms with Crippen LogP contribution in [0.3, 0.4) is 0 Å². The zero-order chi connectivity index (χ0) is 13.5. The van der Waals surface area contributed by atoms with E-state index in [9.17, 15) is 0 Å². The Bertz CT molecular complexity index is 478. The summed E-state index contributed by atoms with van der Waals surface area (Å²) >= 11 is 0. The van der Waals surface area contributed by atoms with Gasteiger partial charge in [0.15, 0.2) is 0 Å². The molecular formula is C18H26N2. The summed E-state index contributed by atoms with van der Waals surface area (Å²) < 4.78 is 0. The van der Waals surface area contributed by atoms with Crippen LogP contribution in [-0.4, -0.2) is 36.1 Å². The SMILES string of the molecule is Cc1cccc(C2CC(NC3CCN4CCCC34)C2)c1. The largest absolute Gasteiger partial charge is 0.310 e. The lowest BCUT2D eigenvalue weighted by atomic mass is 9.75. The number of nitrogens with one attached hydrogen (secondary N) is 1. The van der Waals surface area contributed by atoms with Gasteiger partial charge in [0.1, 0.15) is 0 Å². The number of hydrogen-bond donors (Lipinski definition) is 1. The fourth-order valence-corrected chi connectivity index (χ4v) is 4.53. The number of benzene rings is 1. The van der Waals surface area contributed by atoms with Crippen molar-refractivity contribution in [3.8, 4) is 0 Å². The molecule has 2 aliphatic heterocycles. The minimum atomic E-state index is 0.770. The maximum atomic E-state index is 3.96. The first-order valence-corrected chi connectivity index (χ1v) is 8.36. The average molecular weight is 270 g/mol. The maximum Gasteiger partial charge on any atom is 0.0250 e. The van der Waals surface area contributed by atoms with Crippen LogP contribution < -0.4 is 5.32 Å². The molecule has 1 N–H and O–H groups in total. The molecule has 2 saturated heterocycles. The molecule has 2 heteroatoms. The van der Waals surface area contributed by atoms with Crippen LogP contribution in [0, 0.1) is 6.92 Å². The van der Waals surface area contributed by atoms with E-state index in [2.05, 4.69) is 41.4 Å². The minimum Gasteiger partial charge on any atom is -0.310 e. The van der Waals surface area contributed by atoms with Gasteiger partial charge >= 0.3 is 0 Å².